The number of benzene rings is 1. The van der Waals surface area contributed by atoms with Crippen LogP contribution in [0.3, 0.4) is 0 Å². The van der Waals surface area contributed by atoms with Crippen LogP contribution in [0, 0.1) is 0 Å². The molecule has 0 bridgehead atoms. The highest BCUT2D eigenvalue weighted by Crippen LogP contribution is 2.05. The van der Waals surface area contributed by atoms with E-state index in [4.69, 9.17) is 0 Å². The molecule has 0 aliphatic carbocycles. The topological polar surface area (TPSA) is 26.3 Å². The van der Waals surface area contributed by atoms with Crippen molar-refractivity contribution in [2.24, 2.45) is 0 Å². The Hall–Kier alpha value is -1.22. The Morgan fingerprint density at radius 1 is 1.42 bits per heavy atom. The van der Waals surface area contributed by atoms with Crippen LogP contribution >= 0.6 is 0 Å². The maximum Gasteiger partial charge on any atom is 0.262 e. The van der Waals surface area contributed by atoms with Gasteiger partial charge in [-0.1, -0.05) is 30.3 Å². The van der Waals surface area contributed by atoms with Crippen molar-refractivity contribution in [3.63, 3.8) is 0 Å². The minimum absolute atomic E-state index is 0.326. The molecule has 0 fully saturated rings. The second-order valence-electron chi connectivity index (χ2n) is 2.28. The van der Waals surface area contributed by atoms with Gasteiger partial charge in [0.2, 0.25) is 5.78 Å². The first-order chi connectivity index (χ1) is 5.75. The quantitative estimate of drug-likeness (QED) is 0.643. The Kier molecular flexibility index (Phi) is 2.94. The molecule has 1 rings (SSSR count). The number of hydrogen-bond acceptors (Lipinski definition) is 2. The molecule has 0 N–H and O–H groups in total. The number of ether oxygens (including phenoxy) is 1. The van der Waals surface area contributed by atoms with E-state index in [-0.39, 0.29) is 0 Å². The summed E-state index contributed by atoms with van der Waals surface area (Å²) in [7, 11) is 1.16. The van der Waals surface area contributed by atoms with Crippen molar-refractivity contribution in [2.45, 2.75) is 6.36 Å². The van der Waals surface area contributed by atoms with E-state index in [1.165, 1.54) is 0 Å². The minimum Gasteiger partial charge on any atom is -0.345 e. The predicted octanol–water partition coefficient (Wildman–Crippen LogP) is 1.81. The average Bonchev–Trinajstić information content (AvgIpc) is 2.17. The van der Waals surface area contributed by atoms with Crippen molar-refractivity contribution in [3.05, 3.63) is 35.9 Å². The molecule has 0 aromatic heterocycles. The van der Waals surface area contributed by atoms with E-state index in [1.54, 1.807) is 30.3 Å². The minimum atomic E-state index is -1.85. The molecular weight excluding hydrogens is 159 g/mol. The van der Waals surface area contributed by atoms with Crippen LogP contribution in [0.5, 0.6) is 0 Å². The summed E-state index contributed by atoms with van der Waals surface area (Å²) in [5, 5.41) is 0. The fourth-order valence-electron chi connectivity index (χ4n) is 0.840. The van der Waals surface area contributed by atoms with Gasteiger partial charge >= 0.3 is 0 Å². The second kappa shape index (κ2) is 3.97. The highest BCUT2D eigenvalue weighted by molar-refractivity contribution is 5.98. The Morgan fingerprint density at radius 3 is 2.50 bits per heavy atom. The Bertz CT molecular complexity index is 258. The molecule has 0 saturated heterocycles. The Morgan fingerprint density at radius 2 is 2.00 bits per heavy atom. The molecule has 0 aliphatic rings. The summed E-state index contributed by atoms with van der Waals surface area (Å²) >= 11 is 0. The molecular formula is C9H9FO2. The summed E-state index contributed by atoms with van der Waals surface area (Å²) in [4.78, 5) is 11.1. The fraction of sp³-hybridized carbons (Fsp3) is 0.222. The number of rotatable bonds is 3. The molecule has 0 heterocycles. The number of hydrogen-bond donors (Lipinski definition) is 0. The lowest BCUT2D eigenvalue weighted by Gasteiger charge is -2.03. The molecule has 2 nitrogen and oxygen atoms in total. The van der Waals surface area contributed by atoms with Crippen LogP contribution in [0.2, 0.25) is 0 Å². The molecule has 0 spiro atoms. The van der Waals surface area contributed by atoms with Crippen molar-refractivity contribution >= 4 is 5.78 Å². The summed E-state index contributed by atoms with van der Waals surface area (Å²) in [6.07, 6.45) is -1.85. The first kappa shape index (κ1) is 8.87. The number of carbonyl (C=O) groups excluding carboxylic acids is 1. The largest absolute Gasteiger partial charge is 0.345 e. The van der Waals surface area contributed by atoms with E-state index in [0.29, 0.717) is 5.56 Å². The van der Waals surface area contributed by atoms with Crippen LogP contribution in [0.25, 0.3) is 0 Å². The number of methoxy groups -OCH3 is 1. The number of ketones is 1. The summed E-state index contributed by atoms with van der Waals surface area (Å²) in [6.45, 7) is 0. The predicted molar refractivity (Wildman–Crippen MR) is 42.7 cm³/mol. The van der Waals surface area contributed by atoms with Crippen LogP contribution in [0.1, 0.15) is 10.4 Å². The summed E-state index contributed by atoms with van der Waals surface area (Å²) in [5.74, 6) is -0.641. The van der Waals surface area contributed by atoms with Crippen LogP contribution in [0.15, 0.2) is 30.3 Å². The van der Waals surface area contributed by atoms with E-state index in [2.05, 4.69) is 4.74 Å². The van der Waals surface area contributed by atoms with E-state index in [0.717, 1.165) is 7.11 Å². The molecule has 12 heavy (non-hydrogen) atoms. The first-order valence-corrected chi connectivity index (χ1v) is 3.52. The second-order valence-corrected chi connectivity index (χ2v) is 2.28. The highest BCUT2D eigenvalue weighted by Gasteiger charge is 2.17. The van der Waals surface area contributed by atoms with Gasteiger partial charge in [-0.25, -0.2) is 4.39 Å². The molecule has 64 valence electrons. The van der Waals surface area contributed by atoms with Crippen molar-refractivity contribution in [2.75, 3.05) is 7.11 Å². The van der Waals surface area contributed by atoms with Crippen LogP contribution < -0.4 is 0 Å². The lowest BCUT2D eigenvalue weighted by atomic mass is 10.1. The smallest absolute Gasteiger partial charge is 0.262 e. The summed E-state index contributed by atoms with van der Waals surface area (Å²) < 4.78 is 16.9. The lowest BCUT2D eigenvalue weighted by Crippen LogP contribution is -2.17. The van der Waals surface area contributed by atoms with Crippen molar-refractivity contribution in [1.29, 1.82) is 0 Å². The van der Waals surface area contributed by atoms with Gasteiger partial charge in [0.25, 0.3) is 6.36 Å². The molecule has 0 amide bonds. The molecule has 0 radical (unpaired) electrons. The number of alkyl halides is 1. The molecule has 1 unspecified atom stereocenters. The van der Waals surface area contributed by atoms with Gasteiger partial charge in [-0.2, -0.15) is 0 Å². The number of Topliss-reactive ketones (excluding diaryl/α,β-unsaturated/α-hetero) is 1. The third-order valence-electron chi connectivity index (χ3n) is 1.47. The molecule has 0 aliphatic heterocycles. The molecule has 1 aromatic carbocycles. The van der Waals surface area contributed by atoms with E-state index in [9.17, 15) is 9.18 Å². The van der Waals surface area contributed by atoms with Gasteiger partial charge in [-0.15, -0.1) is 0 Å². The van der Waals surface area contributed by atoms with Crippen LogP contribution in [-0.2, 0) is 4.74 Å². The highest BCUT2D eigenvalue weighted by atomic mass is 19.1. The van der Waals surface area contributed by atoms with E-state index < -0.39 is 12.1 Å². The lowest BCUT2D eigenvalue weighted by molar-refractivity contribution is 0.00543. The van der Waals surface area contributed by atoms with Crippen LogP contribution in [0.4, 0.5) is 4.39 Å². The van der Waals surface area contributed by atoms with Gasteiger partial charge in [0.15, 0.2) is 0 Å². The van der Waals surface area contributed by atoms with E-state index >= 15 is 0 Å². The fourth-order valence-corrected chi connectivity index (χ4v) is 0.840. The Balaban J connectivity index is 2.79. The Labute approximate surface area is 70.0 Å². The SMILES string of the molecule is COC(F)C(=O)c1ccccc1. The van der Waals surface area contributed by atoms with Gasteiger partial charge in [0.1, 0.15) is 0 Å². The van der Waals surface area contributed by atoms with Gasteiger partial charge in [0, 0.05) is 12.7 Å². The molecule has 3 heteroatoms. The normalized spacial score (nSPS) is 12.5. The zero-order valence-electron chi connectivity index (χ0n) is 6.66. The van der Waals surface area contributed by atoms with E-state index in [1.807, 2.05) is 0 Å². The number of halogens is 1. The average molecular weight is 168 g/mol. The standard InChI is InChI=1S/C9H9FO2/c1-12-9(10)8(11)7-5-3-2-4-6-7/h2-6,9H,1H3. The summed E-state index contributed by atoms with van der Waals surface area (Å²) in [5.41, 5.74) is 0.326. The van der Waals surface area contributed by atoms with Gasteiger partial charge < -0.3 is 4.74 Å². The van der Waals surface area contributed by atoms with Gasteiger partial charge in [-0.05, 0) is 0 Å². The van der Waals surface area contributed by atoms with Crippen LogP contribution in [-0.4, -0.2) is 19.3 Å². The monoisotopic (exact) mass is 168 g/mol. The third-order valence-corrected chi connectivity index (χ3v) is 1.47. The summed E-state index contributed by atoms with van der Waals surface area (Å²) in [6, 6.07) is 8.21. The van der Waals surface area contributed by atoms with Crippen molar-refractivity contribution in [3.8, 4) is 0 Å². The molecule has 1 atom stereocenters. The zero-order valence-corrected chi connectivity index (χ0v) is 6.66. The zero-order chi connectivity index (χ0) is 8.97. The third kappa shape index (κ3) is 1.89. The molecule has 0 saturated carbocycles. The van der Waals surface area contributed by atoms with Crippen molar-refractivity contribution < 1.29 is 13.9 Å². The van der Waals surface area contributed by atoms with Gasteiger partial charge in [-0.3, -0.25) is 4.79 Å². The van der Waals surface area contributed by atoms with Crippen molar-refractivity contribution in [1.82, 2.24) is 0 Å². The number of carbonyl (C=O) groups is 1. The maximum atomic E-state index is 12.6. The molecule has 1 aromatic rings. The maximum absolute atomic E-state index is 12.6. The first-order valence-electron chi connectivity index (χ1n) is 3.52. The van der Waals surface area contributed by atoms with Gasteiger partial charge in [0.05, 0.1) is 0 Å².